The number of ether oxygens (including phenoxy) is 2. The number of esters is 1. The number of carbonyl (C=O) groups excluding carboxylic acids is 3. The van der Waals surface area contributed by atoms with E-state index in [1.807, 2.05) is 45.9 Å². The fourth-order valence-corrected chi connectivity index (χ4v) is 2.98. The lowest BCUT2D eigenvalue weighted by atomic mass is 10.1. The second-order valence-corrected chi connectivity index (χ2v) is 7.38. The van der Waals surface area contributed by atoms with Gasteiger partial charge < -0.3 is 19.7 Å². The van der Waals surface area contributed by atoms with Crippen LogP contribution in [-0.4, -0.2) is 49.0 Å². The molecule has 0 unspecified atom stereocenters. The van der Waals surface area contributed by atoms with E-state index in [0.717, 1.165) is 11.1 Å². The predicted molar refractivity (Wildman–Crippen MR) is 119 cm³/mol. The molecule has 0 fully saturated rings. The van der Waals surface area contributed by atoms with Gasteiger partial charge in [0, 0.05) is 11.7 Å². The average Bonchev–Trinajstić information content (AvgIpc) is 2.78. The molecule has 0 heterocycles. The Bertz CT molecular complexity index is 941. The molecule has 0 spiro atoms. The first kappa shape index (κ1) is 23.9. The Morgan fingerprint density at radius 3 is 2.48 bits per heavy atom. The lowest BCUT2D eigenvalue weighted by Gasteiger charge is -2.28. The predicted octanol–water partition coefficient (Wildman–Crippen LogP) is 3.73. The van der Waals surface area contributed by atoms with E-state index in [1.54, 1.807) is 18.2 Å². The summed E-state index contributed by atoms with van der Waals surface area (Å²) >= 11 is 0. The van der Waals surface area contributed by atoms with Gasteiger partial charge in [0.05, 0.1) is 12.7 Å². The molecule has 0 saturated carbocycles. The minimum Gasteiger partial charge on any atom is -0.497 e. The van der Waals surface area contributed by atoms with Crippen LogP contribution >= 0.6 is 0 Å². The molecule has 2 aromatic carbocycles. The van der Waals surface area contributed by atoms with Gasteiger partial charge in [-0.1, -0.05) is 25.1 Å². The van der Waals surface area contributed by atoms with Gasteiger partial charge in [0.2, 0.25) is 5.91 Å². The Labute approximate surface area is 183 Å². The highest BCUT2D eigenvalue weighted by Gasteiger charge is 2.23. The molecular formula is C24H30N2O5. The zero-order valence-electron chi connectivity index (χ0n) is 18.7. The first-order valence-corrected chi connectivity index (χ1v) is 10.2. The van der Waals surface area contributed by atoms with Crippen molar-refractivity contribution < 1.29 is 23.9 Å². The summed E-state index contributed by atoms with van der Waals surface area (Å²) in [5.74, 6) is -0.843. The van der Waals surface area contributed by atoms with Crippen molar-refractivity contribution in [3.63, 3.8) is 0 Å². The van der Waals surface area contributed by atoms with Crippen LogP contribution in [0.5, 0.6) is 5.75 Å². The van der Waals surface area contributed by atoms with Gasteiger partial charge in [-0.25, -0.2) is 4.79 Å². The van der Waals surface area contributed by atoms with Crippen molar-refractivity contribution in [1.82, 2.24) is 4.90 Å². The van der Waals surface area contributed by atoms with E-state index >= 15 is 0 Å². The summed E-state index contributed by atoms with van der Waals surface area (Å²) in [5, 5.41) is 2.86. The van der Waals surface area contributed by atoms with Gasteiger partial charge >= 0.3 is 5.97 Å². The smallest absolute Gasteiger partial charge is 0.338 e. The van der Waals surface area contributed by atoms with Gasteiger partial charge in [0.15, 0.2) is 6.61 Å². The minimum atomic E-state index is -0.629. The number of benzene rings is 2. The Morgan fingerprint density at radius 1 is 1.10 bits per heavy atom. The van der Waals surface area contributed by atoms with E-state index in [2.05, 4.69) is 5.32 Å². The van der Waals surface area contributed by atoms with Crippen molar-refractivity contribution in [2.24, 2.45) is 0 Å². The molecule has 0 aromatic heterocycles. The summed E-state index contributed by atoms with van der Waals surface area (Å²) in [6.45, 7) is 7.11. The summed E-state index contributed by atoms with van der Waals surface area (Å²) in [5.41, 5.74) is 3.04. The van der Waals surface area contributed by atoms with Crippen molar-refractivity contribution >= 4 is 23.5 Å². The fraction of sp³-hybridized carbons (Fsp3) is 0.375. The second-order valence-electron chi connectivity index (χ2n) is 7.38. The van der Waals surface area contributed by atoms with Crippen LogP contribution in [0, 0.1) is 13.8 Å². The molecule has 2 rings (SSSR count). The number of carbonyl (C=O) groups is 3. The highest BCUT2D eigenvalue weighted by Crippen LogP contribution is 2.18. The molecule has 0 bridgehead atoms. The number of aryl methyl sites for hydroxylation is 1. The van der Waals surface area contributed by atoms with Crippen molar-refractivity contribution in [3.8, 4) is 5.75 Å². The fourth-order valence-electron chi connectivity index (χ4n) is 2.98. The molecular weight excluding hydrogens is 396 g/mol. The molecule has 2 amide bonds. The van der Waals surface area contributed by atoms with Crippen LogP contribution in [0.3, 0.4) is 0 Å². The van der Waals surface area contributed by atoms with Gasteiger partial charge in [0.1, 0.15) is 12.3 Å². The molecule has 0 radical (unpaired) electrons. The quantitative estimate of drug-likeness (QED) is 0.618. The van der Waals surface area contributed by atoms with Gasteiger partial charge in [-0.3, -0.25) is 9.59 Å². The second kappa shape index (κ2) is 11.2. The van der Waals surface area contributed by atoms with E-state index in [1.165, 1.54) is 18.1 Å². The number of nitrogens with one attached hydrogen (secondary N) is 1. The Kier molecular flexibility index (Phi) is 8.61. The standard InChI is InChI=1S/C24H30N2O5/c1-6-17(3)26(14-22(27)25-21-12-7-9-16(2)18(21)4)23(28)15-31-24(29)19-10-8-11-20(13-19)30-5/h7-13,17H,6,14-15H2,1-5H3,(H,25,27)/t17-/m0/s1. The summed E-state index contributed by atoms with van der Waals surface area (Å²) < 4.78 is 10.3. The number of hydrogen-bond donors (Lipinski definition) is 1. The zero-order chi connectivity index (χ0) is 23.0. The third kappa shape index (κ3) is 6.57. The van der Waals surface area contributed by atoms with Crippen LogP contribution in [0.15, 0.2) is 42.5 Å². The lowest BCUT2D eigenvalue weighted by molar-refractivity contribution is -0.139. The summed E-state index contributed by atoms with van der Waals surface area (Å²) in [4.78, 5) is 39.1. The van der Waals surface area contributed by atoms with E-state index in [9.17, 15) is 14.4 Å². The number of anilines is 1. The van der Waals surface area contributed by atoms with Gasteiger partial charge in [-0.2, -0.15) is 0 Å². The number of rotatable bonds is 9. The molecule has 7 heteroatoms. The maximum atomic E-state index is 12.8. The first-order valence-electron chi connectivity index (χ1n) is 10.2. The van der Waals surface area contributed by atoms with Crippen LogP contribution < -0.4 is 10.1 Å². The van der Waals surface area contributed by atoms with Crippen molar-refractivity contribution in [1.29, 1.82) is 0 Å². The number of amides is 2. The van der Waals surface area contributed by atoms with Gasteiger partial charge in [0.25, 0.3) is 5.91 Å². The Morgan fingerprint density at radius 2 is 1.81 bits per heavy atom. The molecule has 166 valence electrons. The van der Waals surface area contributed by atoms with Crippen molar-refractivity contribution in [3.05, 3.63) is 59.2 Å². The van der Waals surface area contributed by atoms with Crippen molar-refractivity contribution in [2.45, 2.75) is 40.2 Å². The van der Waals surface area contributed by atoms with Crippen LogP contribution in [0.25, 0.3) is 0 Å². The topological polar surface area (TPSA) is 84.9 Å². The molecule has 0 aliphatic heterocycles. The largest absolute Gasteiger partial charge is 0.497 e. The molecule has 31 heavy (non-hydrogen) atoms. The highest BCUT2D eigenvalue weighted by molar-refractivity contribution is 5.96. The average molecular weight is 427 g/mol. The monoisotopic (exact) mass is 426 g/mol. The van der Waals surface area contributed by atoms with E-state index in [0.29, 0.717) is 17.9 Å². The van der Waals surface area contributed by atoms with Gasteiger partial charge in [-0.05, 0) is 62.6 Å². The Hall–Kier alpha value is -3.35. The third-order valence-electron chi connectivity index (χ3n) is 5.27. The normalized spacial score (nSPS) is 11.4. The summed E-state index contributed by atoms with van der Waals surface area (Å²) in [7, 11) is 1.50. The van der Waals surface area contributed by atoms with E-state index < -0.39 is 18.5 Å². The summed E-state index contributed by atoms with van der Waals surface area (Å²) in [6, 6.07) is 12.0. The molecule has 1 N–H and O–H groups in total. The molecule has 2 aromatic rings. The van der Waals surface area contributed by atoms with Crippen LogP contribution in [0.2, 0.25) is 0 Å². The number of hydrogen-bond acceptors (Lipinski definition) is 5. The van der Waals surface area contributed by atoms with Gasteiger partial charge in [-0.15, -0.1) is 0 Å². The van der Waals surface area contributed by atoms with Crippen molar-refractivity contribution in [2.75, 3.05) is 25.6 Å². The minimum absolute atomic E-state index is 0.127. The van der Waals surface area contributed by atoms with Crippen LogP contribution in [0.4, 0.5) is 5.69 Å². The number of methoxy groups -OCH3 is 1. The van der Waals surface area contributed by atoms with E-state index in [4.69, 9.17) is 9.47 Å². The third-order valence-corrected chi connectivity index (χ3v) is 5.27. The molecule has 1 atom stereocenters. The highest BCUT2D eigenvalue weighted by atomic mass is 16.5. The molecule has 0 aliphatic carbocycles. The molecule has 7 nitrogen and oxygen atoms in total. The SMILES string of the molecule is CC[C@H](C)N(CC(=O)Nc1cccc(C)c1C)C(=O)COC(=O)c1cccc(OC)c1. The van der Waals surface area contributed by atoms with Crippen LogP contribution in [-0.2, 0) is 14.3 Å². The summed E-state index contributed by atoms with van der Waals surface area (Å²) in [6.07, 6.45) is 0.659. The number of nitrogens with zero attached hydrogens (tertiary/aromatic N) is 1. The maximum absolute atomic E-state index is 12.8. The molecule has 0 saturated heterocycles. The van der Waals surface area contributed by atoms with E-state index in [-0.39, 0.29) is 24.1 Å². The first-order chi connectivity index (χ1) is 14.8. The maximum Gasteiger partial charge on any atom is 0.338 e. The lowest BCUT2D eigenvalue weighted by Crippen LogP contribution is -2.45. The molecule has 0 aliphatic rings. The Balaban J connectivity index is 2.02. The van der Waals surface area contributed by atoms with Crippen LogP contribution in [0.1, 0.15) is 41.8 Å². The zero-order valence-corrected chi connectivity index (χ0v) is 18.7.